The molecule has 0 N–H and O–H groups in total. The van der Waals surface area contributed by atoms with E-state index < -0.39 is 11.6 Å². The van der Waals surface area contributed by atoms with Gasteiger partial charge < -0.3 is 6.42 Å². The molecule has 3 heteroatoms. The minimum atomic E-state index is -0.427. The van der Waals surface area contributed by atoms with Gasteiger partial charge in [-0.2, -0.15) is 12.3 Å². The van der Waals surface area contributed by atoms with Crippen molar-refractivity contribution < 1.29 is 60.2 Å². The molecule has 0 aliphatic heterocycles. The molecule has 2 rings (SSSR count). The number of rotatable bonds is 1. The zero-order chi connectivity index (χ0) is 7.84. The first-order valence-corrected chi connectivity index (χ1v) is 3.56. The second kappa shape index (κ2) is 4.29. The zero-order valence-electron chi connectivity index (χ0n) is 6.85. The maximum atomic E-state index is 12.9. The molecular weight excluding hydrogens is 185 g/mol. The summed E-state index contributed by atoms with van der Waals surface area (Å²) in [4.78, 5) is 0. The molecule has 1 aromatic rings. The third-order valence-corrected chi connectivity index (χ3v) is 1.84. The van der Waals surface area contributed by atoms with Crippen molar-refractivity contribution in [1.29, 1.82) is 0 Å². The van der Waals surface area contributed by atoms with Gasteiger partial charge in [-0.25, -0.2) is 8.78 Å². The van der Waals surface area contributed by atoms with E-state index in [-0.39, 0.29) is 62.9 Å². The molecule has 0 spiro atoms. The molecule has 1 saturated carbocycles. The first kappa shape index (κ1) is 10.8. The number of hydrogen-bond acceptors (Lipinski definition) is 0. The molecule has 0 nitrogen and oxygen atoms in total. The van der Waals surface area contributed by atoms with Crippen molar-refractivity contribution in [2.75, 3.05) is 0 Å². The van der Waals surface area contributed by atoms with E-state index in [9.17, 15) is 8.78 Å². The zero-order valence-corrected chi connectivity index (χ0v) is 9.97. The average Bonchev–Trinajstić information content (AvgIpc) is 2.70. The summed E-state index contributed by atoms with van der Waals surface area (Å²) in [5.74, 6) is -0.830. The Labute approximate surface area is 113 Å². The van der Waals surface area contributed by atoms with Gasteiger partial charge in [-0.3, -0.25) is 0 Å². The second-order valence-electron chi connectivity index (χ2n) is 2.71. The third kappa shape index (κ3) is 2.15. The Hall–Kier alpha value is 0.716. The van der Waals surface area contributed by atoms with Crippen molar-refractivity contribution in [3.8, 4) is 0 Å². The molecule has 0 amide bonds. The fourth-order valence-electron chi connectivity index (χ4n) is 1.17. The largest absolute Gasteiger partial charge is 1.00 e. The molecule has 1 aromatic carbocycles. The number of hydrogen-bond donors (Lipinski definition) is 0. The van der Waals surface area contributed by atoms with Crippen molar-refractivity contribution in [1.82, 2.24) is 0 Å². The van der Waals surface area contributed by atoms with Crippen LogP contribution in [0.3, 0.4) is 0 Å². The topological polar surface area (TPSA) is 0 Å². The molecule has 1 aliphatic rings. The van der Waals surface area contributed by atoms with Gasteiger partial charge in [-0.15, -0.1) is 0 Å². The Morgan fingerprint density at radius 3 is 2.17 bits per heavy atom. The molecule has 12 heavy (non-hydrogen) atoms. The van der Waals surface area contributed by atoms with Crippen LogP contribution < -0.4 is 51.4 Å². The normalized spacial score (nSPS) is 20.0. The predicted molar refractivity (Wildman–Crippen MR) is 38.0 cm³/mol. The minimum Gasteiger partial charge on any atom is -0.325 e. The van der Waals surface area contributed by atoms with Gasteiger partial charge in [0.1, 0.15) is 11.6 Å². The Morgan fingerprint density at radius 1 is 1.25 bits per heavy atom. The van der Waals surface area contributed by atoms with Crippen LogP contribution in [0.1, 0.15) is 17.9 Å². The van der Waals surface area contributed by atoms with E-state index >= 15 is 0 Å². The van der Waals surface area contributed by atoms with Gasteiger partial charge >= 0.3 is 51.4 Å². The number of benzene rings is 1. The first-order valence-electron chi connectivity index (χ1n) is 3.56. The van der Waals surface area contributed by atoms with Gasteiger partial charge in [0.05, 0.1) is 0 Å². The van der Waals surface area contributed by atoms with Crippen LogP contribution in [0.2, 0.25) is 0 Å². The molecular formula is C9H7F2K. The van der Waals surface area contributed by atoms with Crippen molar-refractivity contribution >= 4 is 0 Å². The Morgan fingerprint density at radius 2 is 1.75 bits per heavy atom. The SMILES string of the molecule is Fc1cccc(F)c1[C@@H]1[CH-]C1.[K+]. The van der Waals surface area contributed by atoms with Crippen LogP contribution >= 0.6 is 0 Å². The molecule has 0 heterocycles. The molecule has 1 fully saturated rings. The van der Waals surface area contributed by atoms with Crippen LogP contribution in [0.15, 0.2) is 18.2 Å². The molecule has 0 saturated heterocycles. The van der Waals surface area contributed by atoms with E-state index in [2.05, 4.69) is 0 Å². The summed E-state index contributed by atoms with van der Waals surface area (Å²) in [6.45, 7) is 0. The van der Waals surface area contributed by atoms with Crippen LogP contribution in [0.25, 0.3) is 0 Å². The quantitative estimate of drug-likeness (QED) is 0.422. The standard InChI is InChI=1S/C9H7F2.K/c10-7-2-1-3-8(11)9(7)6-4-5-6;/h1-4,6H,5H2;/q-1;+1/t6-;/m1./s1. The molecule has 58 valence electrons. The van der Waals surface area contributed by atoms with Crippen LogP contribution in [0, 0.1) is 18.1 Å². The molecule has 1 aliphatic carbocycles. The fourth-order valence-corrected chi connectivity index (χ4v) is 1.17. The van der Waals surface area contributed by atoms with E-state index in [0.29, 0.717) is 0 Å². The van der Waals surface area contributed by atoms with Gasteiger partial charge in [-0.05, 0) is 17.7 Å². The first-order chi connectivity index (χ1) is 5.29. The van der Waals surface area contributed by atoms with Gasteiger partial charge in [0.2, 0.25) is 0 Å². The maximum absolute atomic E-state index is 12.9. The summed E-state index contributed by atoms with van der Waals surface area (Å²) in [6, 6.07) is 3.98. The van der Waals surface area contributed by atoms with E-state index in [0.717, 1.165) is 6.42 Å². The third-order valence-electron chi connectivity index (χ3n) is 1.84. The number of halogens is 2. The van der Waals surface area contributed by atoms with Crippen molar-refractivity contribution in [2.24, 2.45) is 0 Å². The minimum absolute atomic E-state index is 0. The summed E-state index contributed by atoms with van der Waals surface area (Å²) in [5.41, 5.74) is 0.229. The van der Waals surface area contributed by atoms with Gasteiger partial charge in [0.25, 0.3) is 0 Å². The average molecular weight is 192 g/mol. The van der Waals surface area contributed by atoms with E-state index in [1.165, 1.54) is 18.2 Å². The monoisotopic (exact) mass is 192 g/mol. The Balaban J connectivity index is 0.000000720. The molecule has 0 unspecified atom stereocenters. The van der Waals surface area contributed by atoms with Crippen LogP contribution in [-0.4, -0.2) is 0 Å². The van der Waals surface area contributed by atoms with Crippen molar-refractivity contribution in [3.63, 3.8) is 0 Å². The molecule has 0 aromatic heterocycles. The molecule has 0 radical (unpaired) electrons. The van der Waals surface area contributed by atoms with Crippen LogP contribution in [0.5, 0.6) is 0 Å². The summed E-state index contributed by atoms with van der Waals surface area (Å²) in [5, 5.41) is 0. The predicted octanol–water partition coefficient (Wildman–Crippen LogP) is -0.340. The van der Waals surface area contributed by atoms with E-state index in [4.69, 9.17) is 0 Å². The fraction of sp³-hybridized carbons (Fsp3) is 0.222. The van der Waals surface area contributed by atoms with Crippen LogP contribution in [0.4, 0.5) is 8.78 Å². The second-order valence-corrected chi connectivity index (χ2v) is 2.71. The van der Waals surface area contributed by atoms with Crippen molar-refractivity contribution in [2.45, 2.75) is 12.3 Å². The summed E-state index contributed by atoms with van der Waals surface area (Å²) < 4.78 is 25.8. The smallest absolute Gasteiger partial charge is 0.325 e. The summed E-state index contributed by atoms with van der Waals surface area (Å²) in [7, 11) is 0. The molecule has 0 bridgehead atoms. The maximum Gasteiger partial charge on any atom is 1.00 e. The van der Waals surface area contributed by atoms with Crippen molar-refractivity contribution in [3.05, 3.63) is 41.8 Å². The van der Waals surface area contributed by atoms with Crippen LogP contribution in [-0.2, 0) is 0 Å². The summed E-state index contributed by atoms with van der Waals surface area (Å²) >= 11 is 0. The van der Waals surface area contributed by atoms with E-state index in [1.54, 1.807) is 0 Å². The summed E-state index contributed by atoms with van der Waals surface area (Å²) in [6.07, 6.45) is 2.69. The Kier molecular flexibility index (Phi) is 3.86. The van der Waals surface area contributed by atoms with E-state index in [1.807, 2.05) is 6.42 Å². The van der Waals surface area contributed by atoms with Gasteiger partial charge in [0.15, 0.2) is 0 Å². The van der Waals surface area contributed by atoms with Gasteiger partial charge in [0, 0.05) is 0 Å². The Bertz CT molecular complexity index is 262. The van der Waals surface area contributed by atoms with Gasteiger partial charge in [-0.1, -0.05) is 6.07 Å². The molecule has 1 atom stereocenters.